The second-order valence-corrected chi connectivity index (χ2v) is 5.59. The molecule has 0 bridgehead atoms. The van der Waals surface area contributed by atoms with E-state index in [2.05, 4.69) is 4.74 Å². The van der Waals surface area contributed by atoms with Gasteiger partial charge in [0.05, 0.1) is 5.56 Å². The number of hydrogen-bond acceptors (Lipinski definition) is 5. The molecule has 126 valence electrons. The third kappa shape index (κ3) is 5.57. The van der Waals surface area contributed by atoms with Gasteiger partial charge in [-0.05, 0) is 32.9 Å². The molecule has 1 aromatic rings. The average molecular weight is 327 g/mol. The van der Waals surface area contributed by atoms with E-state index in [1.54, 1.807) is 20.8 Å². The zero-order valence-corrected chi connectivity index (χ0v) is 13.0. The summed E-state index contributed by atoms with van der Waals surface area (Å²) in [6.07, 6.45) is -0.957. The van der Waals surface area contributed by atoms with E-state index in [1.165, 1.54) is 18.2 Å². The second kappa shape index (κ2) is 7.57. The molecule has 1 amide bonds. The molecule has 0 aliphatic rings. The van der Waals surface area contributed by atoms with Crippen LogP contribution in [0, 0.1) is 5.82 Å². The number of carboxylic acid groups (broad SMARTS) is 1. The van der Waals surface area contributed by atoms with E-state index < -0.39 is 42.7 Å². The molecule has 23 heavy (non-hydrogen) atoms. The lowest BCUT2D eigenvalue weighted by atomic mass is 10.1. The van der Waals surface area contributed by atoms with Crippen molar-refractivity contribution in [2.24, 2.45) is 0 Å². The van der Waals surface area contributed by atoms with E-state index in [4.69, 9.17) is 9.84 Å². The van der Waals surface area contributed by atoms with Crippen LogP contribution in [0.15, 0.2) is 24.3 Å². The Labute approximate surface area is 132 Å². The van der Waals surface area contributed by atoms with Crippen molar-refractivity contribution < 1.29 is 33.4 Å². The van der Waals surface area contributed by atoms with Crippen LogP contribution >= 0.6 is 0 Å². The van der Waals surface area contributed by atoms with Gasteiger partial charge in [0.25, 0.3) is 0 Å². The van der Waals surface area contributed by atoms with Gasteiger partial charge in [-0.15, -0.1) is 0 Å². The highest BCUT2D eigenvalue weighted by molar-refractivity contribution is 5.89. The number of aliphatic carboxylic acids is 1. The number of esters is 1. The van der Waals surface area contributed by atoms with Crippen molar-refractivity contribution in [3.8, 4) is 0 Å². The summed E-state index contributed by atoms with van der Waals surface area (Å²) in [7, 11) is 0. The number of halogens is 1. The Balaban J connectivity index is 2.60. The van der Waals surface area contributed by atoms with Crippen LogP contribution in [0.4, 0.5) is 9.18 Å². The number of carbonyl (C=O) groups excluding carboxylic acids is 2. The average Bonchev–Trinajstić information content (AvgIpc) is 2.43. The van der Waals surface area contributed by atoms with Gasteiger partial charge in [0.15, 0.2) is 0 Å². The van der Waals surface area contributed by atoms with E-state index in [0.29, 0.717) is 0 Å². The van der Waals surface area contributed by atoms with E-state index in [-0.39, 0.29) is 5.56 Å². The first-order chi connectivity index (χ1) is 10.6. The van der Waals surface area contributed by atoms with Crippen LogP contribution in [0.25, 0.3) is 0 Å². The predicted molar refractivity (Wildman–Crippen MR) is 77.3 cm³/mol. The lowest BCUT2D eigenvalue weighted by Crippen LogP contribution is -2.48. The largest absolute Gasteiger partial charge is 0.480 e. The highest BCUT2D eigenvalue weighted by Gasteiger charge is 2.30. The molecule has 0 fully saturated rings. The standard InChI is InChI=1S/C15H18FNO6/c1-15(2,3)17(8-12(18)19)14(21)23-9-22-13(20)10-6-4-5-7-11(10)16/h4-7H,8-9H2,1-3H3,(H,18,19). The van der Waals surface area contributed by atoms with Gasteiger partial charge in [-0.1, -0.05) is 12.1 Å². The van der Waals surface area contributed by atoms with Gasteiger partial charge < -0.3 is 14.6 Å². The third-order valence-corrected chi connectivity index (χ3v) is 2.79. The van der Waals surface area contributed by atoms with Gasteiger partial charge in [-0.2, -0.15) is 0 Å². The Morgan fingerprint density at radius 3 is 2.30 bits per heavy atom. The topological polar surface area (TPSA) is 93.1 Å². The lowest BCUT2D eigenvalue weighted by Gasteiger charge is -2.33. The maximum atomic E-state index is 13.4. The van der Waals surface area contributed by atoms with E-state index in [9.17, 15) is 18.8 Å². The molecule has 0 saturated heterocycles. The molecule has 0 atom stereocenters. The smallest absolute Gasteiger partial charge is 0.413 e. The molecule has 1 N–H and O–H groups in total. The lowest BCUT2D eigenvalue weighted by molar-refractivity contribution is -0.139. The summed E-state index contributed by atoms with van der Waals surface area (Å²) in [5.74, 6) is -2.96. The van der Waals surface area contributed by atoms with Crippen LogP contribution in [0.5, 0.6) is 0 Å². The first-order valence-corrected chi connectivity index (χ1v) is 6.70. The minimum Gasteiger partial charge on any atom is -0.480 e. The highest BCUT2D eigenvalue weighted by Crippen LogP contribution is 2.14. The van der Waals surface area contributed by atoms with Crippen LogP contribution in [-0.2, 0) is 14.3 Å². The van der Waals surface area contributed by atoms with E-state index >= 15 is 0 Å². The van der Waals surface area contributed by atoms with Gasteiger partial charge in [-0.25, -0.2) is 14.0 Å². The SMILES string of the molecule is CC(C)(C)N(CC(=O)O)C(=O)OCOC(=O)c1ccccc1F. The zero-order valence-electron chi connectivity index (χ0n) is 13.0. The van der Waals surface area contributed by atoms with E-state index in [1.807, 2.05) is 0 Å². The van der Waals surface area contributed by atoms with Crippen molar-refractivity contribution >= 4 is 18.0 Å². The van der Waals surface area contributed by atoms with Crippen molar-refractivity contribution in [3.05, 3.63) is 35.6 Å². The predicted octanol–water partition coefficient (Wildman–Crippen LogP) is 2.26. The minimum atomic E-state index is -1.21. The molecule has 0 spiro atoms. The molecular formula is C15H18FNO6. The molecule has 0 aromatic heterocycles. The number of carbonyl (C=O) groups is 3. The summed E-state index contributed by atoms with van der Waals surface area (Å²) in [4.78, 5) is 35.3. The first kappa shape index (κ1) is 18.4. The quantitative estimate of drug-likeness (QED) is 0.658. The number of benzene rings is 1. The fourth-order valence-electron chi connectivity index (χ4n) is 1.63. The summed E-state index contributed by atoms with van der Waals surface area (Å²) in [6, 6.07) is 5.20. The number of nitrogens with zero attached hydrogens (tertiary/aromatic N) is 1. The van der Waals surface area contributed by atoms with Crippen molar-refractivity contribution in [2.45, 2.75) is 26.3 Å². The van der Waals surface area contributed by atoms with Crippen molar-refractivity contribution in [3.63, 3.8) is 0 Å². The summed E-state index contributed by atoms with van der Waals surface area (Å²) in [5, 5.41) is 8.81. The van der Waals surface area contributed by atoms with Crippen molar-refractivity contribution in [1.29, 1.82) is 0 Å². The maximum Gasteiger partial charge on any atom is 0.413 e. The monoisotopic (exact) mass is 327 g/mol. The summed E-state index contributed by atoms with van der Waals surface area (Å²) < 4.78 is 22.7. The maximum absolute atomic E-state index is 13.4. The summed E-state index contributed by atoms with van der Waals surface area (Å²) >= 11 is 0. The molecule has 0 radical (unpaired) electrons. The Kier molecular flexibility index (Phi) is 6.06. The van der Waals surface area contributed by atoms with E-state index in [0.717, 1.165) is 11.0 Å². The highest BCUT2D eigenvalue weighted by atomic mass is 19.1. The molecule has 0 saturated carbocycles. The van der Waals surface area contributed by atoms with Gasteiger partial charge in [0, 0.05) is 5.54 Å². The van der Waals surface area contributed by atoms with Gasteiger partial charge in [0.1, 0.15) is 12.4 Å². The van der Waals surface area contributed by atoms with Gasteiger partial charge >= 0.3 is 18.0 Å². The van der Waals surface area contributed by atoms with Crippen molar-refractivity contribution in [2.75, 3.05) is 13.3 Å². The normalized spacial score (nSPS) is 10.8. The fraction of sp³-hybridized carbons (Fsp3) is 0.400. The van der Waals surface area contributed by atoms with Crippen molar-refractivity contribution in [1.82, 2.24) is 4.90 Å². The van der Waals surface area contributed by atoms with Crippen LogP contribution in [0.2, 0.25) is 0 Å². The number of amides is 1. The summed E-state index contributed by atoms with van der Waals surface area (Å²) in [5.41, 5.74) is -1.09. The third-order valence-electron chi connectivity index (χ3n) is 2.79. The number of rotatable bonds is 5. The van der Waals surface area contributed by atoms with Gasteiger partial charge in [-0.3, -0.25) is 9.69 Å². The minimum absolute atomic E-state index is 0.290. The second-order valence-electron chi connectivity index (χ2n) is 5.59. The Hall–Kier alpha value is -2.64. The van der Waals surface area contributed by atoms with Crippen LogP contribution in [0.1, 0.15) is 31.1 Å². The summed E-state index contributed by atoms with van der Waals surface area (Å²) in [6.45, 7) is 3.56. The van der Waals surface area contributed by atoms with Crippen LogP contribution in [0.3, 0.4) is 0 Å². The molecule has 1 aromatic carbocycles. The molecule has 0 aliphatic carbocycles. The first-order valence-electron chi connectivity index (χ1n) is 6.70. The Morgan fingerprint density at radius 2 is 1.78 bits per heavy atom. The molecule has 0 unspecified atom stereocenters. The molecule has 7 nitrogen and oxygen atoms in total. The number of ether oxygens (including phenoxy) is 2. The number of hydrogen-bond donors (Lipinski definition) is 1. The Morgan fingerprint density at radius 1 is 1.17 bits per heavy atom. The van der Waals surface area contributed by atoms with Crippen LogP contribution in [-0.4, -0.2) is 46.9 Å². The molecule has 1 rings (SSSR count). The van der Waals surface area contributed by atoms with Gasteiger partial charge in [0.2, 0.25) is 6.79 Å². The Bertz CT molecular complexity index is 596. The molecular weight excluding hydrogens is 309 g/mol. The number of carboxylic acids is 1. The molecule has 0 aliphatic heterocycles. The zero-order chi connectivity index (χ0) is 17.6. The molecule has 8 heteroatoms. The molecule has 0 heterocycles. The fourth-order valence-corrected chi connectivity index (χ4v) is 1.63. The van der Waals surface area contributed by atoms with Crippen LogP contribution < -0.4 is 0 Å².